The highest BCUT2D eigenvalue weighted by Crippen LogP contribution is 2.13. The lowest BCUT2D eigenvalue weighted by atomic mass is 10.2. The van der Waals surface area contributed by atoms with Gasteiger partial charge in [-0.1, -0.05) is 18.2 Å². The van der Waals surface area contributed by atoms with Gasteiger partial charge in [-0.3, -0.25) is 4.79 Å². The number of para-hydroxylation sites is 1. The topological polar surface area (TPSA) is 50.2 Å². The normalized spacial score (nSPS) is 18.1. The number of nitrogens with zero attached hydrogens (tertiary/aromatic N) is 3. The lowest BCUT2D eigenvalue weighted by Gasteiger charge is -2.22. The molecule has 1 atom stereocenters. The molecule has 20 heavy (non-hydrogen) atoms. The van der Waals surface area contributed by atoms with Crippen LogP contribution in [0.25, 0.3) is 5.69 Å². The molecule has 1 unspecified atom stereocenters. The van der Waals surface area contributed by atoms with Gasteiger partial charge in [0.2, 0.25) is 0 Å². The number of carbonyl (C=O) groups is 1. The number of rotatable bonds is 3. The Labute approximate surface area is 118 Å². The van der Waals surface area contributed by atoms with Crippen LogP contribution >= 0.6 is 0 Å². The molecule has 2 aromatic rings. The Morgan fingerprint density at radius 1 is 1.40 bits per heavy atom. The summed E-state index contributed by atoms with van der Waals surface area (Å²) in [6, 6.07) is 10.1. The highest BCUT2D eigenvalue weighted by Gasteiger charge is 2.24. The fraction of sp³-hybridized carbons (Fsp3) is 0.333. The number of aromatic nitrogens is 2. The van der Waals surface area contributed by atoms with Crippen LogP contribution in [0.5, 0.6) is 0 Å². The Morgan fingerprint density at radius 2 is 2.20 bits per heavy atom. The van der Waals surface area contributed by atoms with Crippen molar-refractivity contribution in [2.45, 2.75) is 12.5 Å². The van der Waals surface area contributed by atoms with Crippen molar-refractivity contribution in [1.29, 1.82) is 0 Å². The SMILES string of the molecule is CN(C(=O)c1cnn(-c2ccccc2)c1)C1CCNC1. The van der Waals surface area contributed by atoms with Crippen molar-refractivity contribution in [1.82, 2.24) is 20.0 Å². The van der Waals surface area contributed by atoms with Gasteiger partial charge in [0.25, 0.3) is 5.91 Å². The molecule has 1 fully saturated rings. The number of nitrogens with one attached hydrogen (secondary N) is 1. The first-order valence-corrected chi connectivity index (χ1v) is 6.83. The van der Waals surface area contributed by atoms with E-state index in [-0.39, 0.29) is 11.9 Å². The molecule has 1 saturated heterocycles. The van der Waals surface area contributed by atoms with E-state index in [1.807, 2.05) is 42.3 Å². The van der Waals surface area contributed by atoms with Gasteiger partial charge in [-0.25, -0.2) is 4.68 Å². The van der Waals surface area contributed by atoms with Crippen LogP contribution in [-0.2, 0) is 0 Å². The van der Waals surface area contributed by atoms with E-state index in [0.29, 0.717) is 5.56 Å². The fourth-order valence-electron chi connectivity index (χ4n) is 2.49. The van der Waals surface area contributed by atoms with Crippen LogP contribution in [0.2, 0.25) is 0 Å². The zero-order valence-corrected chi connectivity index (χ0v) is 11.5. The second-order valence-electron chi connectivity index (χ2n) is 5.07. The molecule has 1 N–H and O–H groups in total. The van der Waals surface area contributed by atoms with Crippen LogP contribution in [0.3, 0.4) is 0 Å². The summed E-state index contributed by atoms with van der Waals surface area (Å²) >= 11 is 0. The minimum absolute atomic E-state index is 0.0286. The van der Waals surface area contributed by atoms with E-state index in [4.69, 9.17) is 0 Å². The van der Waals surface area contributed by atoms with Gasteiger partial charge in [0.1, 0.15) is 0 Å². The van der Waals surface area contributed by atoms with Crippen molar-refractivity contribution < 1.29 is 4.79 Å². The van der Waals surface area contributed by atoms with Gasteiger partial charge in [0, 0.05) is 25.8 Å². The molecule has 5 heteroatoms. The zero-order valence-electron chi connectivity index (χ0n) is 11.5. The van der Waals surface area contributed by atoms with E-state index < -0.39 is 0 Å². The second kappa shape index (κ2) is 5.46. The number of hydrogen-bond acceptors (Lipinski definition) is 3. The summed E-state index contributed by atoms with van der Waals surface area (Å²) in [6.45, 7) is 1.85. The number of benzene rings is 1. The Bertz CT molecular complexity index is 587. The summed E-state index contributed by atoms with van der Waals surface area (Å²) in [5.74, 6) is 0.0286. The number of amides is 1. The second-order valence-corrected chi connectivity index (χ2v) is 5.07. The van der Waals surface area contributed by atoms with E-state index in [1.54, 1.807) is 17.1 Å². The first kappa shape index (κ1) is 12.9. The Kier molecular flexibility index (Phi) is 3.52. The first-order valence-electron chi connectivity index (χ1n) is 6.83. The molecule has 1 amide bonds. The molecule has 0 radical (unpaired) electrons. The summed E-state index contributed by atoms with van der Waals surface area (Å²) in [7, 11) is 1.86. The van der Waals surface area contributed by atoms with Crippen molar-refractivity contribution in [3.8, 4) is 5.69 Å². The fourth-order valence-corrected chi connectivity index (χ4v) is 2.49. The van der Waals surface area contributed by atoms with Crippen LogP contribution in [0.4, 0.5) is 0 Å². The van der Waals surface area contributed by atoms with Crippen LogP contribution in [0.15, 0.2) is 42.7 Å². The lowest BCUT2D eigenvalue weighted by Crippen LogP contribution is -2.38. The Morgan fingerprint density at radius 3 is 2.90 bits per heavy atom. The molecule has 0 aliphatic carbocycles. The van der Waals surface area contributed by atoms with Gasteiger partial charge in [0.05, 0.1) is 17.4 Å². The van der Waals surface area contributed by atoms with Crippen molar-refractivity contribution in [3.05, 3.63) is 48.3 Å². The van der Waals surface area contributed by atoms with Gasteiger partial charge in [0.15, 0.2) is 0 Å². The van der Waals surface area contributed by atoms with Crippen LogP contribution < -0.4 is 5.32 Å². The van der Waals surface area contributed by atoms with Crippen molar-refractivity contribution in [2.24, 2.45) is 0 Å². The molecule has 0 bridgehead atoms. The van der Waals surface area contributed by atoms with Gasteiger partial charge in [-0.15, -0.1) is 0 Å². The molecule has 1 aromatic heterocycles. The van der Waals surface area contributed by atoms with Crippen LogP contribution in [0.1, 0.15) is 16.8 Å². The molecule has 3 rings (SSSR count). The quantitative estimate of drug-likeness (QED) is 0.915. The molecule has 104 valence electrons. The minimum Gasteiger partial charge on any atom is -0.337 e. The van der Waals surface area contributed by atoms with E-state index in [0.717, 1.165) is 25.2 Å². The summed E-state index contributed by atoms with van der Waals surface area (Å²) < 4.78 is 1.73. The van der Waals surface area contributed by atoms with Gasteiger partial charge < -0.3 is 10.2 Å². The third-order valence-corrected chi connectivity index (χ3v) is 3.75. The predicted molar refractivity (Wildman–Crippen MR) is 76.9 cm³/mol. The Balaban J connectivity index is 1.78. The minimum atomic E-state index is 0.0286. The van der Waals surface area contributed by atoms with E-state index in [9.17, 15) is 4.79 Å². The van der Waals surface area contributed by atoms with Crippen LogP contribution in [0, 0.1) is 0 Å². The van der Waals surface area contributed by atoms with E-state index in [2.05, 4.69) is 10.4 Å². The number of likely N-dealkylation sites (N-methyl/N-ethyl adjacent to an activating group) is 1. The third-order valence-electron chi connectivity index (χ3n) is 3.75. The van der Waals surface area contributed by atoms with E-state index >= 15 is 0 Å². The highest BCUT2D eigenvalue weighted by atomic mass is 16.2. The lowest BCUT2D eigenvalue weighted by molar-refractivity contribution is 0.0744. The number of hydrogen-bond donors (Lipinski definition) is 1. The van der Waals surface area contributed by atoms with E-state index in [1.165, 1.54) is 0 Å². The van der Waals surface area contributed by atoms with Gasteiger partial charge in [-0.05, 0) is 25.1 Å². The van der Waals surface area contributed by atoms with Crippen molar-refractivity contribution in [2.75, 3.05) is 20.1 Å². The van der Waals surface area contributed by atoms with Gasteiger partial charge in [-0.2, -0.15) is 5.10 Å². The van der Waals surface area contributed by atoms with Crippen molar-refractivity contribution >= 4 is 5.91 Å². The molecule has 5 nitrogen and oxygen atoms in total. The van der Waals surface area contributed by atoms with Gasteiger partial charge >= 0.3 is 0 Å². The maximum atomic E-state index is 12.4. The molecule has 1 aliphatic rings. The van der Waals surface area contributed by atoms with Crippen molar-refractivity contribution in [3.63, 3.8) is 0 Å². The molecular weight excluding hydrogens is 252 g/mol. The molecule has 1 aliphatic heterocycles. The standard InChI is InChI=1S/C15H18N4O/c1-18(14-7-8-16-10-14)15(20)12-9-17-19(11-12)13-5-3-2-4-6-13/h2-6,9,11,14,16H,7-8,10H2,1H3. The average Bonchev–Trinajstić information content (AvgIpc) is 3.18. The third kappa shape index (κ3) is 2.44. The zero-order chi connectivity index (χ0) is 13.9. The maximum Gasteiger partial charge on any atom is 0.257 e. The highest BCUT2D eigenvalue weighted by molar-refractivity contribution is 5.93. The number of carbonyl (C=O) groups excluding carboxylic acids is 1. The smallest absolute Gasteiger partial charge is 0.257 e. The molecule has 2 heterocycles. The largest absolute Gasteiger partial charge is 0.337 e. The summed E-state index contributed by atoms with van der Waals surface area (Å²) in [4.78, 5) is 14.2. The average molecular weight is 270 g/mol. The summed E-state index contributed by atoms with van der Waals surface area (Å²) in [6.07, 6.45) is 4.43. The monoisotopic (exact) mass is 270 g/mol. The Hall–Kier alpha value is -2.14. The maximum absolute atomic E-state index is 12.4. The molecule has 0 saturated carbocycles. The molecular formula is C15H18N4O. The summed E-state index contributed by atoms with van der Waals surface area (Å²) in [5.41, 5.74) is 1.58. The summed E-state index contributed by atoms with van der Waals surface area (Å²) in [5, 5.41) is 7.55. The predicted octanol–water partition coefficient (Wildman–Crippen LogP) is 1.31. The molecule has 1 aromatic carbocycles. The first-order chi connectivity index (χ1) is 9.75. The molecule has 0 spiro atoms. The van der Waals surface area contributed by atoms with Crippen LogP contribution in [-0.4, -0.2) is 46.8 Å².